The van der Waals surface area contributed by atoms with Crippen molar-refractivity contribution in [3.63, 3.8) is 0 Å². The molecule has 0 saturated carbocycles. The number of alkyl halides is 1. The van der Waals surface area contributed by atoms with Gasteiger partial charge in [0.1, 0.15) is 11.4 Å². The second kappa shape index (κ2) is 5.50. The van der Waals surface area contributed by atoms with Crippen LogP contribution in [0.3, 0.4) is 0 Å². The maximum atomic E-state index is 13.8. The number of hydrogen-bond donors (Lipinski definition) is 0. The summed E-state index contributed by atoms with van der Waals surface area (Å²) >= 11 is 1.45. The Morgan fingerprint density at radius 2 is 2.05 bits per heavy atom. The molecule has 1 amide bonds. The van der Waals surface area contributed by atoms with Crippen molar-refractivity contribution in [1.29, 1.82) is 0 Å². The summed E-state index contributed by atoms with van der Waals surface area (Å²) in [6, 6.07) is 5.79. The van der Waals surface area contributed by atoms with Crippen molar-refractivity contribution in [3.8, 4) is 10.6 Å². The maximum Gasteiger partial charge on any atom is 0.263 e. The number of piperidine rings is 1. The van der Waals surface area contributed by atoms with Gasteiger partial charge >= 0.3 is 0 Å². The lowest BCUT2D eigenvalue weighted by atomic mass is 9.96. The van der Waals surface area contributed by atoms with Gasteiger partial charge in [-0.05, 0) is 44.9 Å². The zero-order valence-corrected chi connectivity index (χ0v) is 13.9. The predicted molar refractivity (Wildman–Crippen MR) is 85.9 cm³/mol. The SMILES string of the molecule is Cc1cc(-c2ccc(C(=O)N3CCC(C)(F)CC3)s2)nn1C. The van der Waals surface area contributed by atoms with E-state index in [4.69, 9.17) is 0 Å². The van der Waals surface area contributed by atoms with Crippen molar-refractivity contribution >= 4 is 17.2 Å². The van der Waals surface area contributed by atoms with E-state index in [-0.39, 0.29) is 5.91 Å². The molecule has 2 aromatic heterocycles. The van der Waals surface area contributed by atoms with Crippen LogP contribution < -0.4 is 0 Å². The van der Waals surface area contributed by atoms with Crippen LogP contribution in [0.15, 0.2) is 18.2 Å². The van der Waals surface area contributed by atoms with Crippen LogP contribution in [-0.4, -0.2) is 39.3 Å². The first kappa shape index (κ1) is 15.2. The van der Waals surface area contributed by atoms with E-state index < -0.39 is 5.67 Å². The molecule has 0 aromatic carbocycles. The molecule has 0 spiro atoms. The Kier molecular flexibility index (Phi) is 3.80. The number of amides is 1. The first-order valence-electron chi connectivity index (χ1n) is 7.45. The third-order valence-electron chi connectivity index (χ3n) is 4.28. The quantitative estimate of drug-likeness (QED) is 0.850. The van der Waals surface area contributed by atoms with Gasteiger partial charge < -0.3 is 4.90 Å². The van der Waals surface area contributed by atoms with Gasteiger partial charge in [0, 0.05) is 25.8 Å². The number of nitrogens with zero attached hydrogens (tertiary/aromatic N) is 3. The predicted octanol–water partition coefficient (Wildman–Crippen LogP) is 3.42. The van der Waals surface area contributed by atoms with Gasteiger partial charge in [-0.25, -0.2) is 4.39 Å². The van der Waals surface area contributed by atoms with E-state index in [0.717, 1.165) is 16.3 Å². The van der Waals surface area contributed by atoms with Crippen molar-refractivity contribution in [3.05, 3.63) is 28.8 Å². The zero-order chi connectivity index (χ0) is 15.9. The Balaban J connectivity index is 1.75. The number of thiophene rings is 1. The van der Waals surface area contributed by atoms with Crippen LogP contribution in [0.4, 0.5) is 4.39 Å². The van der Waals surface area contributed by atoms with E-state index >= 15 is 0 Å². The van der Waals surface area contributed by atoms with E-state index in [2.05, 4.69) is 5.10 Å². The lowest BCUT2D eigenvalue weighted by Gasteiger charge is -2.33. The molecule has 3 rings (SSSR count). The number of aryl methyl sites for hydroxylation is 2. The normalized spacial score (nSPS) is 17.7. The summed E-state index contributed by atoms with van der Waals surface area (Å²) in [5.74, 6) is -0.000553. The van der Waals surface area contributed by atoms with Crippen molar-refractivity contribution in [2.24, 2.45) is 7.05 Å². The highest BCUT2D eigenvalue weighted by atomic mass is 32.1. The molecule has 0 bridgehead atoms. The Morgan fingerprint density at radius 3 is 2.64 bits per heavy atom. The van der Waals surface area contributed by atoms with Gasteiger partial charge in [-0.3, -0.25) is 9.48 Å². The molecule has 3 heterocycles. The summed E-state index contributed by atoms with van der Waals surface area (Å²) in [7, 11) is 1.90. The monoisotopic (exact) mass is 321 g/mol. The maximum absolute atomic E-state index is 13.8. The number of halogens is 1. The van der Waals surface area contributed by atoms with Gasteiger partial charge in [0.2, 0.25) is 0 Å². The molecular formula is C16H20FN3OS. The summed E-state index contributed by atoms with van der Waals surface area (Å²) in [5.41, 5.74) is 0.830. The van der Waals surface area contributed by atoms with E-state index in [1.807, 2.05) is 36.9 Å². The smallest absolute Gasteiger partial charge is 0.263 e. The highest BCUT2D eigenvalue weighted by molar-refractivity contribution is 7.17. The van der Waals surface area contributed by atoms with Gasteiger partial charge in [-0.2, -0.15) is 5.10 Å². The summed E-state index contributed by atoms with van der Waals surface area (Å²) in [5, 5.41) is 4.44. The number of rotatable bonds is 2. The molecule has 1 saturated heterocycles. The highest BCUT2D eigenvalue weighted by Gasteiger charge is 2.32. The van der Waals surface area contributed by atoms with Crippen molar-refractivity contribution in [1.82, 2.24) is 14.7 Å². The van der Waals surface area contributed by atoms with Crippen molar-refractivity contribution < 1.29 is 9.18 Å². The molecule has 0 radical (unpaired) electrons. The molecule has 118 valence electrons. The van der Waals surface area contributed by atoms with E-state index in [0.29, 0.717) is 30.8 Å². The number of aromatic nitrogens is 2. The standard InChI is InChI=1S/C16H20FN3OS/c1-11-10-12(18-19(11)3)13-4-5-14(22-13)15(21)20-8-6-16(2,17)7-9-20/h4-5,10H,6-9H2,1-3H3. The van der Waals surface area contributed by atoms with Crippen LogP contribution in [0.25, 0.3) is 10.6 Å². The Labute approximate surface area is 133 Å². The first-order chi connectivity index (χ1) is 10.4. The second-order valence-electron chi connectivity index (χ2n) is 6.16. The second-order valence-corrected chi connectivity index (χ2v) is 7.25. The van der Waals surface area contributed by atoms with Crippen LogP contribution >= 0.6 is 11.3 Å². The minimum absolute atomic E-state index is 0.000553. The number of carbonyl (C=O) groups excluding carboxylic acids is 1. The summed E-state index contributed by atoms with van der Waals surface area (Å²) in [6.07, 6.45) is 0.826. The summed E-state index contributed by atoms with van der Waals surface area (Å²) in [6.45, 7) is 4.59. The fraction of sp³-hybridized carbons (Fsp3) is 0.500. The van der Waals surface area contributed by atoms with Gasteiger partial charge in [0.05, 0.1) is 9.75 Å². The molecule has 4 nitrogen and oxygen atoms in total. The lowest BCUT2D eigenvalue weighted by Crippen LogP contribution is -2.43. The highest BCUT2D eigenvalue weighted by Crippen LogP contribution is 2.30. The number of carbonyl (C=O) groups is 1. The zero-order valence-electron chi connectivity index (χ0n) is 13.1. The van der Waals surface area contributed by atoms with Gasteiger partial charge in [0.15, 0.2) is 0 Å². The third-order valence-corrected chi connectivity index (χ3v) is 5.37. The van der Waals surface area contributed by atoms with Crippen LogP contribution in [0.1, 0.15) is 35.1 Å². The van der Waals surface area contributed by atoms with Crippen LogP contribution in [0.5, 0.6) is 0 Å². The molecular weight excluding hydrogens is 301 g/mol. The fourth-order valence-corrected chi connectivity index (χ4v) is 3.53. The molecule has 0 atom stereocenters. The number of likely N-dealkylation sites (tertiary alicyclic amines) is 1. The Hall–Kier alpha value is -1.69. The third kappa shape index (κ3) is 2.92. The molecule has 0 N–H and O–H groups in total. The Bertz CT molecular complexity index is 675. The fourth-order valence-electron chi connectivity index (χ4n) is 2.60. The molecule has 1 aliphatic heterocycles. The first-order valence-corrected chi connectivity index (χ1v) is 8.26. The average Bonchev–Trinajstić information content (AvgIpc) is 3.06. The lowest BCUT2D eigenvalue weighted by molar-refractivity contribution is 0.0508. The molecule has 6 heteroatoms. The van der Waals surface area contributed by atoms with Crippen molar-refractivity contribution in [2.45, 2.75) is 32.4 Å². The molecule has 0 unspecified atom stereocenters. The van der Waals surface area contributed by atoms with Gasteiger partial charge in [0.25, 0.3) is 5.91 Å². The Morgan fingerprint density at radius 1 is 1.36 bits per heavy atom. The van der Waals surface area contributed by atoms with Crippen LogP contribution in [-0.2, 0) is 7.05 Å². The minimum atomic E-state index is -1.14. The summed E-state index contributed by atoms with van der Waals surface area (Å²) < 4.78 is 15.7. The van der Waals surface area contributed by atoms with Gasteiger partial charge in [-0.1, -0.05) is 0 Å². The number of hydrogen-bond acceptors (Lipinski definition) is 3. The molecule has 22 heavy (non-hydrogen) atoms. The van der Waals surface area contributed by atoms with Crippen LogP contribution in [0, 0.1) is 6.92 Å². The molecule has 0 aliphatic carbocycles. The average molecular weight is 321 g/mol. The van der Waals surface area contributed by atoms with Crippen molar-refractivity contribution in [2.75, 3.05) is 13.1 Å². The van der Waals surface area contributed by atoms with Gasteiger partial charge in [-0.15, -0.1) is 11.3 Å². The van der Waals surface area contributed by atoms with E-state index in [1.165, 1.54) is 11.3 Å². The topological polar surface area (TPSA) is 38.1 Å². The molecule has 1 fully saturated rings. The largest absolute Gasteiger partial charge is 0.338 e. The van der Waals surface area contributed by atoms with Crippen LogP contribution in [0.2, 0.25) is 0 Å². The van der Waals surface area contributed by atoms with E-state index in [9.17, 15) is 9.18 Å². The summed E-state index contributed by atoms with van der Waals surface area (Å²) in [4.78, 5) is 15.9. The van der Waals surface area contributed by atoms with E-state index in [1.54, 1.807) is 11.8 Å². The molecule has 2 aromatic rings. The minimum Gasteiger partial charge on any atom is -0.338 e. The molecule has 1 aliphatic rings.